The van der Waals surface area contributed by atoms with Gasteiger partial charge in [-0.05, 0) is 0 Å². The van der Waals surface area contributed by atoms with Crippen LogP contribution in [0.5, 0.6) is 0 Å². The Bertz CT molecular complexity index is 301. The number of alkyl halides is 1. The Morgan fingerprint density at radius 2 is 2.31 bits per heavy atom. The first kappa shape index (κ1) is 11.7. The van der Waals surface area contributed by atoms with Gasteiger partial charge in [0.05, 0.1) is 12.2 Å². The number of nitrogens with two attached hydrogens (primary N) is 2. The Balaban J connectivity index is 0.00000144. The minimum Gasteiger partial charge on any atom is -0.396 e. The lowest BCUT2D eigenvalue weighted by atomic mass is 10.4. The number of nitrogen functional groups attached to an aromatic ring is 1. The molecule has 0 saturated heterocycles. The lowest BCUT2D eigenvalue weighted by Crippen LogP contribution is -2.14. The molecule has 0 saturated carbocycles. The molecule has 74 valence electrons. The number of hydrogen-bond donors (Lipinski definition) is 2. The fourth-order valence-corrected chi connectivity index (χ4v) is 0.829. The highest BCUT2D eigenvalue weighted by Crippen LogP contribution is 2.07. The molecule has 0 aliphatic rings. The number of aromatic nitrogens is 2. The molecule has 0 aliphatic carbocycles. The van der Waals surface area contributed by atoms with Crippen molar-refractivity contribution in [1.82, 2.24) is 9.78 Å². The zero-order valence-corrected chi connectivity index (χ0v) is 7.55. The van der Waals surface area contributed by atoms with Gasteiger partial charge in [0, 0.05) is 6.20 Å². The van der Waals surface area contributed by atoms with Crippen LogP contribution >= 0.6 is 12.4 Å². The molecule has 0 atom stereocenters. The van der Waals surface area contributed by atoms with E-state index in [1.165, 1.54) is 10.9 Å². The van der Waals surface area contributed by atoms with Crippen molar-refractivity contribution in [2.24, 2.45) is 5.73 Å². The molecule has 0 spiro atoms. The first-order chi connectivity index (χ1) is 5.65. The summed E-state index contributed by atoms with van der Waals surface area (Å²) in [5.41, 5.74) is 10.5. The molecule has 0 fully saturated rings. The van der Waals surface area contributed by atoms with Crippen LogP contribution in [-0.4, -0.2) is 22.4 Å². The average molecular weight is 209 g/mol. The van der Waals surface area contributed by atoms with Crippen molar-refractivity contribution in [3.63, 3.8) is 0 Å². The quantitative estimate of drug-likeness (QED) is 0.731. The van der Waals surface area contributed by atoms with Crippen LogP contribution in [0.2, 0.25) is 0 Å². The van der Waals surface area contributed by atoms with Gasteiger partial charge in [-0.3, -0.25) is 9.48 Å². The first-order valence-electron chi connectivity index (χ1n) is 3.34. The Morgan fingerprint density at radius 3 is 2.69 bits per heavy atom. The summed E-state index contributed by atoms with van der Waals surface area (Å²) < 4.78 is 13.0. The number of amides is 1. The largest absolute Gasteiger partial charge is 0.396 e. The molecule has 1 aromatic heterocycles. The zero-order valence-electron chi connectivity index (χ0n) is 6.74. The van der Waals surface area contributed by atoms with E-state index in [2.05, 4.69) is 5.10 Å². The van der Waals surface area contributed by atoms with Crippen molar-refractivity contribution in [1.29, 1.82) is 0 Å². The van der Waals surface area contributed by atoms with Crippen molar-refractivity contribution in [3.8, 4) is 0 Å². The van der Waals surface area contributed by atoms with Gasteiger partial charge in [-0.15, -0.1) is 12.4 Å². The van der Waals surface area contributed by atoms with E-state index in [9.17, 15) is 9.18 Å². The van der Waals surface area contributed by atoms with Gasteiger partial charge in [-0.25, -0.2) is 4.39 Å². The molecular formula is C6H10ClFN4O. The van der Waals surface area contributed by atoms with Crippen molar-refractivity contribution in [2.45, 2.75) is 6.54 Å². The minimum atomic E-state index is -0.704. The molecule has 1 aromatic rings. The van der Waals surface area contributed by atoms with Crippen LogP contribution in [0.4, 0.5) is 10.1 Å². The Labute approximate surface area is 80.3 Å². The predicted octanol–water partition coefficient (Wildman–Crippen LogP) is -0.0445. The monoisotopic (exact) mass is 208 g/mol. The molecule has 0 aromatic carbocycles. The summed E-state index contributed by atoms with van der Waals surface area (Å²) in [7, 11) is 0. The Morgan fingerprint density at radius 1 is 1.69 bits per heavy atom. The number of carbonyl (C=O) groups is 1. The summed E-state index contributed by atoms with van der Waals surface area (Å²) in [5, 5.41) is 3.68. The molecule has 0 unspecified atom stereocenters. The summed E-state index contributed by atoms with van der Waals surface area (Å²) >= 11 is 0. The smallest absolute Gasteiger partial charge is 0.271 e. The molecule has 1 heterocycles. The Hall–Kier alpha value is -1.30. The molecule has 0 bridgehead atoms. The SMILES string of the molecule is Cl.NC(=O)c1nn(CCF)cc1N. The average Bonchev–Trinajstić information content (AvgIpc) is 2.32. The van der Waals surface area contributed by atoms with Crippen molar-refractivity contribution < 1.29 is 9.18 Å². The number of carbonyl (C=O) groups excluding carboxylic acids is 1. The molecule has 1 rings (SSSR count). The maximum absolute atomic E-state index is 11.8. The number of aryl methyl sites for hydroxylation is 1. The van der Waals surface area contributed by atoms with Crippen molar-refractivity contribution in [3.05, 3.63) is 11.9 Å². The topological polar surface area (TPSA) is 86.9 Å². The van der Waals surface area contributed by atoms with E-state index in [1.54, 1.807) is 0 Å². The zero-order chi connectivity index (χ0) is 9.14. The second-order valence-corrected chi connectivity index (χ2v) is 2.25. The molecule has 4 N–H and O–H groups in total. The number of nitrogens with zero attached hydrogens (tertiary/aromatic N) is 2. The highest BCUT2D eigenvalue weighted by Gasteiger charge is 2.10. The summed E-state index contributed by atoms with van der Waals surface area (Å²) in [4.78, 5) is 10.6. The highest BCUT2D eigenvalue weighted by molar-refractivity contribution is 5.95. The number of anilines is 1. The summed E-state index contributed by atoms with van der Waals surface area (Å²) in [6.45, 7) is -0.475. The van der Waals surface area contributed by atoms with Crippen LogP contribution in [0.3, 0.4) is 0 Å². The van der Waals surface area contributed by atoms with Gasteiger partial charge in [0.25, 0.3) is 5.91 Å². The fourth-order valence-electron chi connectivity index (χ4n) is 0.829. The van der Waals surface area contributed by atoms with E-state index in [0.29, 0.717) is 0 Å². The molecular weight excluding hydrogens is 199 g/mol. The number of rotatable bonds is 3. The maximum atomic E-state index is 11.8. The lowest BCUT2D eigenvalue weighted by molar-refractivity contribution is 0.0995. The van der Waals surface area contributed by atoms with Gasteiger partial charge < -0.3 is 11.5 Å². The minimum absolute atomic E-state index is 0. The van der Waals surface area contributed by atoms with Crippen LogP contribution in [0, 0.1) is 0 Å². The molecule has 1 amide bonds. The van der Waals surface area contributed by atoms with Crippen molar-refractivity contribution in [2.75, 3.05) is 12.4 Å². The maximum Gasteiger partial charge on any atom is 0.271 e. The van der Waals surface area contributed by atoms with E-state index in [4.69, 9.17) is 11.5 Å². The first-order valence-corrected chi connectivity index (χ1v) is 3.34. The third-order valence-electron chi connectivity index (χ3n) is 1.34. The van der Waals surface area contributed by atoms with E-state index in [-0.39, 0.29) is 30.3 Å². The standard InChI is InChI=1S/C6H9FN4O.ClH/c7-1-2-11-3-4(8)5(10-11)6(9)12;/h3H,1-2,8H2,(H2,9,12);1H. The van der Waals surface area contributed by atoms with E-state index >= 15 is 0 Å². The summed E-state index contributed by atoms with van der Waals surface area (Å²) in [6.07, 6.45) is 1.37. The van der Waals surface area contributed by atoms with E-state index < -0.39 is 12.6 Å². The van der Waals surface area contributed by atoms with Crippen LogP contribution in [-0.2, 0) is 6.54 Å². The van der Waals surface area contributed by atoms with Crippen LogP contribution < -0.4 is 11.5 Å². The number of primary amides is 1. The van der Waals surface area contributed by atoms with Crippen molar-refractivity contribution >= 4 is 24.0 Å². The highest BCUT2D eigenvalue weighted by atomic mass is 35.5. The second-order valence-electron chi connectivity index (χ2n) is 2.25. The fraction of sp³-hybridized carbons (Fsp3) is 0.333. The molecule has 13 heavy (non-hydrogen) atoms. The third-order valence-corrected chi connectivity index (χ3v) is 1.34. The Kier molecular flexibility index (Phi) is 4.19. The van der Waals surface area contributed by atoms with Gasteiger partial charge in [0.1, 0.15) is 6.67 Å². The second kappa shape index (κ2) is 4.66. The molecule has 0 radical (unpaired) electrons. The number of hydrogen-bond acceptors (Lipinski definition) is 3. The van der Waals surface area contributed by atoms with E-state index in [1.807, 2.05) is 0 Å². The molecule has 0 aliphatic heterocycles. The summed E-state index contributed by atoms with van der Waals surface area (Å²) in [5.74, 6) is -0.704. The van der Waals surface area contributed by atoms with Gasteiger partial charge in [0.2, 0.25) is 0 Å². The lowest BCUT2D eigenvalue weighted by Gasteiger charge is -1.92. The number of halogens is 2. The van der Waals surface area contributed by atoms with Gasteiger partial charge >= 0.3 is 0 Å². The van der Waals surface area contributed by atoms with Gasteiger partial charge in [0.15, 0.2) is 5.69 Å². The van der Waals surface area contributed by atoms with Crippen LogP contribution in [0.1, 0.15) is 10.5 Å². The van der Waals surface area contributed by atoms with Gasteiger partial charge in [-0.2, -0.15) is 5.10 Å². The third kappa shape index (κ3) is 2.59. The normalized spacial score (nSPS) is 9.31. The van der Waals surface area contributed by atoms with E-state index in [0.717, 1.165) is 0 Å². The predicted molar refractivity (Wildman–Crippen MR) is 48.4 cm³/mol. The van der Waals surface area contributed by atoms with Gasteiger partial charge in [-0.1, -0.05) is 0 Å². The van der Waals surface area contributed by atoms with Crippen LogP contribution in [0.15, 0.2) is 6.20 Å². The molecule has 5 nitrogen and oxygen atoms in total. The molecule has 7 heteroatoms. The van der Waals surface area contributed by atoms with Crippen LogP contribution in [0.25, 0.3) is 0 Å². The summed E-state index contributed by atoms with van der Waals surface area (Å²) in [6, 6.07) is 0.